The second-order valence-corrected chi connectivity index (χ2v) is 5.60. The third kappa shape index (κ3) is 3.30. The van der Waals surface area contributed by atoms with Crippen LogP contribution in [0.25, 0.3) is 0 Å². The van der Waals surface area contributed by atoms with Gasteiger partial charge in [0.05, 0.1) is 13.2 Å². The number of nitrogens with two attached hydrogens (primary N) is 1. The van der Waals surface area contributed by atoms with Crippen LogP contribution in [-0.4, -0.2) is 35.3 Å². The third-order valence-corrected chi connectivity index (χ3v) is 4.44. The number of aromatic nitrogens is 1. The zero-order chi connectivity index (χ0) is 13.7. The predicted molar refractivity (Wildman–Crippen MR) is 79.0 cm³/mol. The third-order valence-electron chi connectivity index (χ3n) is 3.56. The van der Waals surface area contributed by atoms with Gasteiger partial charge in [0.2, 0.25) is 0 Å². The standard InChI is InChI=1S/C13H23N3O2S/c1-2-18-11-12(14)15-19-13(11)16(8-9-17)10-6-4-3-5-7-10/h10,17H,2-9H2,1H3,(H2,14,15). The normalized spacial score (nSPS) is 16.5. The van der Waals surface area contributed by atoms with Crippen LogP contribution >= 0.6 is 11.5 Å². The van der Waals surface area contributed by atoms with E-state index in [9.17, 15) is 5.11 Å². The van der Waals surface area contributed by atoms with Gasteiger partial charge in [0.15, 0.2) is 16.6 Å². The summed E-state index contributed by atoms with van der Waals surface area (Å²) in [6, 6.07) is 0.472. The van der Waals surface area contributed by atoms with Gasteiger partial charge >= 0.3 is 0 Å². The Morgan fingerprint density at radius 1 is 1.42 bits per heavy atom. The minimum Gasteiger partial charge on any atom is -0.487 e. The molecule has 0 bridgehead atoms. The van der Waals surface area contributed by atoms with Gasteiger partial charge < -0.3 is 20.5 Å². The van der Waals surface area contributed by atoms with Crippen molar-refractivity contribution >= 4 is 22.4 Å². The highest BCUT2D eigenvalue weighted by atomic mass is 32.1. The number of rotatable bonds is 6. The summed E-state index contributed by atoms with van der Waals surface area (Å²) in [5.74, 6) is 1.15. The summed E-state index contributed by atoms with van der Waals surface area (Å²) in [6.45, 7) is 3.28. The molecule has 108 valence electrons. The lowest BCUT2D eigenvalue weighted by atomic mass is 9.94. The van der Waals surface area contributed by atoms with Crippen molar-refractivity contribution in [2.45, 2.75) is 45.1 Å². The molecule has 2 rings (SSSR count). The number of hydrogen-bond donors (Lipinski definition) is 2. The van der Waals surface area contributed by atoms with E-state index in [0.29, 0.717) is 30.8 Å². The molecule has 5 nitrogen and oxygen atoms in total. The van der Waals surface area contributed by atoms with E-state index in [0.717, 1.165) is 5.00 Å². The number of aliphatic hydroxyl groups is 1. The molecule has 1 heterocycles. The van der Waals surface area contributed by atoms with E-state index in [1.165, 1.54) is 43.6 Å². The average molecular weight is 285 g/mol. The van der Waals surface area contributed by atoms with Crippen LogP contribution in [-0.2, 0) is 0 Å². The van der Waals surface area contributed by atoms with Gasteiger partial charge in [-0.05, 0) is 31.3 Å². The Bertz CT molecular complexity index is 391. The molecule has 1 aromatic heterocycles. The van der Waals surface area contributed by atoms with E-state index in [1.54, 1.807) is 0 Å². The summed E-state index contributed by atoms with van der Waals surface area (Å²) in [4.78, 5) is 2.23. The minimum atomic E-state index is 0.139. The first-order chi connectivity index (χ1) is 9.27. The molecule has 6 heteroatoms. The van der Waals surface area contributed by atoms with E-state index < -0.39 is 0 Å². The summed E-state index contributed by atoms with van der Waals surface area (Å²) in [5.41, 5.74) is 5.88. The van der Waals surface area contributed by atoms with Crippen molar-refractivity contribution in [2.75, 3.05) is 30.4 Å². The monoisotopic (exact) mass is 285 g/mol. The molecule has 19 heavy (non-hydrogen) atoms. The molecule has 0 unspecified atom stereocenters. The van der Waals surface area contributed by atoms with E-state index in [-0.39, 0.29) is 6.61 Å². The molecule has 0 aliphatic heterocycles. The first-order valence-electron chi connectivity index (χ1n) is 7.03. The smallest absolute Gasteiger partial charge is 0.197 e. The fourth-order valence-corrected chi connectivity index (χ4v) is 3.56. The second-order valence-electron chi connectivity index (χ2n) is 4.84. The SMILES string of the molecule is CCOc1c(N)nsc1N(CCO)C1CCCCC1. The van der Waals surface area contributed by atoms with Gasteiger partial charge in [-0.15, -0.1) is 0 Å². The highest BCUT2D eigenvalue weighted by Crippen LogP contribution is 2.41. The molecule has 0 saturated heterocycles. The Morgan fingerprint density at radius 3 is 2.79 bits per heavy atom. The van der Waals surface area contributed by atoms with Gasteiger partial charge in [0.1, 0.15) is 0 Å². The Labute approximate surface area is 118 Å². The number of nitrogen functional groups attached to an aromatic ring is 1. The second kappa shape index (κ2) is 6.96. The zero-order valence-corrected chi connectivity index (χ0v) is 12.3. The van der Waals surface area contributed by atoms with Crippen molar-refractivity contribution in [3.8, 4) is 5.75 Å². The van der Waals surface area contributed by atoms with Gasteiger partial charge in [-0.1, -0.05) is 19.3 Å². The highest BCUT2D eigenvalue weighted by molar-refractivity contribution is 7.11. The first-order valence-corrected chi connectivity index (χ1v) is 7.80. The largest absolute Gasteiger partial charge is 0.487 e. The van der Waals surface area contributed by atoms with Crippen molar-refractivity contribution in [2.24, 2.45) is 0 Å². The molecule has 1 saturated carbocycles. The van der Waals surface area contributed by atoms with E-state index >= 15 is 0 Å². The van der Waals surface area contributed by atoms with Crippen LogP contribution < -0.4 is 15.4 Å². The molecule has 1 aliphatic carbocycles. The van der Waals surface area contributed by atoms with E-state index in [1.807, 2.05) is 6.92 Å². The van der Waals surface area contributed by atoms with Crippen LogP contribution in [0.15, 0.2) is 0 Å². The minimum absolute atomic E-state index is 0.139. The van der Waals surface area contributed by atoms with E-state index in [2.05, 4.69) is 9.27 Å². The lowest BCUT2D eigenvalue weighted by Gasteiger charge is -2.34. The maximum Gasteiger partial charge on any atom is 0.197 e. The van der Waals surface area contributed by atoms with Gasteiger partial charge in [-0.2, -0.15) is 4.37 Å². The topological polar surface area (TPSA) is 71.6 Å². The number of ether oxygens (including phenoxy) is 1. The lowest BCUT2D eigenvalue weighted by Crippen LogP contribution is -2.38. The summed E-state index contributed by atoms with van der Waals surface area (Å²) in [7, 11) is 0. The van der Waals surface area contributed by atoms with Crippen molar-refractivity contribution in [3.63, 3.8) is 0 Å². The van der Waals surface area contributed by atoms with Crippen molar-refractivity contribution in [1.29, 1.82) is 0 Å². The first kappa shape index (κ1) is 14.4. The Morgan fingerprint density at radius 2 is 2.16 bits per heavy atom. The van der Waals surface area contributed by atoms with Crippen LogP contribution in [0.4, 0.5) is 10.8 Å². The van der Waals surface area contributed by atoms with Gasteiger partial charge in [-0.3, -0.25) is 0 Å². The van der Waals surface area contributed by atoms with Gasteiger partial charge in [0.25, 0.3) is 0 Å². The molecule has 3 N–H and O–H groups in total. The van der Waals surface area contributed by atoms with Crippen LogP contribution in [0.3, 0.4) is 0 Å². The number of nitrogens with zero attached hydrogens (tertiary/aromatic N) is 2. The van der Waals surface area contributed by atoms with Gasteiger partial charge in [-0.25, -0.2) is 0 Å². The van der Waals surface area contributed by atoms with Crippen molar-refractivity contribution in [1.82, 2.24) is 4.37 Å². The Hall–Kier alpha value is -1.01. The van der Waals surface area contributed by atoms with Crippen LogP contribution in [0.5, 0.6) is 5.75 Å². The zero-order valence-electron chi connectivity index (χ0n) is 11.5. The maximum atomic E-state index is 9.33. The van der Waals surface area contributed by atoms with Crippen LogP contribution in [0.2, 0.25) is 0 Å². The fraction of sp³-hybridized carbons (Fsp3) is 0.769. The molecule has 0 atom stereocenters. The molecule has 0 aromatic carbocycles. The average Bonchev–Trinajstić information content (AvgIpc) is 2.79. The van der Waals surface area contributed by atoms with Crippen LogP contribution in [0, 0.1) is 0 Å². The summed E-state index contributed by atoms with van der Waals surface area (Å²) < 4.78 is 9.83. The molecular weight excluding hydrogens is 262 g/mol. The van der Waals surface area contributed by atoms with Crippen molar-refractivity contribution in [3.05, 3.63) is 0 Å². The Balaban J connectivity index is 2.22. The molecule has 1 aromatic rings. The number of anilines is 2. The summed E-state index contributed by atoms with van der Waals surface area (Å²) in [6.07, 6.45) is 6.16. The molecule has 0 amide bonds. The molecule has 0 radical (unpaired) electrons. The van der Waals surface area contributed by atoms with Crippen LogP contribution in [0.1, 0.15) is 39.0 Å². The molecule has 1 fully saturated rings. The molecular formula is C13H23N3O2S. The molecule has 1 aliphatic rings. The summed E-state index contributed by atoms with van der Waals surface area (Å²) in [5, 5.41) is 10.3. The maximum absolute atomic E-state index is 9.33. The highest BCUT2D eigenvalue weighted by Gasteiger charge is 2.26. The summed E-state index contributed by atoms with van der Waals surface area (Å²) >= 11 is 1.37. The fourth-order valence-electron chi connectivity index (χ4n) is 2.70. The number of hydrogen-bond acceptors (Lipinski definition) is 6. The quantitative estimate of drug-likeness (QED) is 0.839. The predicted octanol–water partition coefficient (Wildman–Crippen LogP) is 2.26. The van der Waals surface area contributed by atoms with E-state index in [4.69, 9.17) is 10.5 Å². The molecule has 0 spiro atoms. The lowest BCUT2D eigenvalue weighted by molar-refractivity contribution is 0.288. The number of aliphatic hydroxyl groups excluding tert-OH is 1. The van der Waals surface area contributed by atoms with Crippen molar-refractivity contribution < 1.29 is 9.84 Å². The Kier molecular flexibility index (Phi) is 5.27. The van der Waals surface area contributed by atoms with Gasteiger partial charge in [0, 0.05) is 12.6 Å².